The van der Waals surface area contributed by atoms with E-state index in [-0.39, 0.29) is 18.1 Å². The van der Waals surface area contributed by atoms with Gasteiger partial charge in [0.05, 0.1) is 11.7 Å². The monoisotopic (exact) mass is 283 g/mol. The summed E-state index contributed by atoms with van der Waals surface area (Å²) < 4.78 is 5.12. The van der Waals surface area contributed by atoms with Crippen LogP contribution in [0.4, 0.5) is 5.69 Å². The van der Waals surface area contributed by atoms with Crippen LogP contribution in [0.1, 0.15) is 35.9 Å². The smallest absolute Gasteiger partial charge is 0.237 e. The standard InChI is InChI=1S/C17H17NO3/c1-17(10-9-14(19)15-8-5-11-21-15)12-6-3-4-7-13(12)18(2)16(17)20/h3-8,11H,9-10H2,1-2H3. The second kappa shape index (κ2) is 4.88. The first-order valence-corrected chi connectivity index (χ1v) is 6.98. The van der Waals surface area contributed by atoms with Gasteiger partial charge in [0.2, 0.25) is 5.91 Å². The van der Waals surface area contributed by atoms with Gasteiger partial charge in [-0.2, -0.15) is 0 Å². The number of nitrogens with zero attached hydrogens (tertiary/aromatic N) is 1. The molecule has 1 aliphatic heterocycles. The highest BCUT2D eigenvalue weighted by atomic mass is 16.3. The summed E-state index contributed by atoms with van der Waals surface area (Å²) in [4.78, 5) is 26.3. The molecule has 0 bridgehead atoms. The van der Waals surface area contributed by atoms with Crippen LogP contribution in [0.3, 0.4) is 0 Å². The van der Waals surface area contributed by atoms with Crippen molar-refractivity contribution in [1.82, 2.24) is 0 Å². The second-order valence-electron chi connectivity index (χ2n) is 5.61. The lowest BCUT2D eigenvalue weighted by Gasteiger charge is -2.22. The minimum absolute atomic E-state index is 0.0379. The Labute approximate surface area is 123 Å². The van der Waals surface area contributed by atoms with Crippen LogP contribution in [0, 0.1) is 0 Å². The molecule has 0 radical (unpaired) electrons. The fourth-order valence-corrected chi connectivity index (χ4v) is 2.99. The molecule has 4 nitrogen and oxygen atoms in total. The number of para-hydroxylation sites is 1. The number of hydrogen-bond donors (Lipinski definition) is 0. The third-order valence-electron chi connectivity index (χ3n) is 4.28. The van der Waals surface area contributed by atoms with Crippen LogP contribution in [0.2, 0.25) is 0 Å². The zero-order chi connectivity index (χ0) is 15.0. The van der Waals surface area contributed by atoms with E-state index in [1.54, 1.807) is 24.1 Å². The van der Waals surface area contributed by atoms with Crippen LogP contribution in [0.25, 0.3) is 0 Å². The summed E-state index contributed by atoms with van der Waals surface area (Å²) in [5.74, 6) is 0.322. The zero-order valence-corrected chi connectivity index (χ0v) is 12.1. The predicted molar refractivity (Wildman–Crippen MR) is 79.5 cm³/mol. The Morgan fingerprint density at radius 1 is 1.24 bits per heavy atom. The Balaban J connectivity index is 1.84. The van der Waals surface area contributed by atoms with Crippen LogP contribution in [0.5, 0.6) is 0 Å². The van der Waals surface area contributed by atoms with E-state index in [1.165, 1.54) is 6.26 Å². The highest BCUT2D eigenvalue weighted by Gasteiger charge is 2.45. The minimum Gasteiger partial charge on any atom is -0.461 e. The summed E-state index contributed by atoms with van der Waals surface area (Å²) in [5, 5.41) is 0. The quantitative estimate of drug-likeness (QED) is 0.810. The van der Waals surface area contributed by atoms with Crippen molar-refractivity contribution in [2.24, 2.45) is 0 Å². The van der Waals surface area contributed by atoms with Crippen LogP contribution in [-0.4, -0.2) is 18.7 Å². The molecule has 1 aromatic heterocycles. The molecule has 1 aromatic carbocycles. The summed E-state index contributed by atoms with van der Waals surface area (Å²) >= 11 is 0. The molecule has 0 saturated heterocycles. The topological polar surface area (TPSA) is 50.5 Å². The highest BCUT2D eigenvalue weighted by molar-refractivity contribution is 6.07. The summed E-state index contributed by atoms with van der Waals surface area (Å²) in [6.45, 7) is 1.91. The molecule has 3 rings (SSSR count). The fourth-order valence-electron chi connectivity index (χ4n) is 2.99. The van der Waals surface area contributed by atoms with Gasteiger partial charge in [0.25, 0.3) is 0 Å². The van der Waals surface area contributed by atoms with E-state index < -0.39 is 5.41 Å². The SMILES string of the molecule is CN1C(=O)C(C)(CCC(=O)c2ccco2)c2ccccc21. The first-order valence-electron chi connectivity index (χ1n) is 6.98. The molecule has 1 atom stereocenters. The fraction of sp³-hybridized carbons (Fsp3) is 0.294. The molecule has 2 aromatic rings. The molecule has 0 fully saturated rings. The molecule has 0 saturated carbocycles. The molecular formula is C17H17NO3. The van der Waals surface area contributed by atoms with Crippen LogP contribution in [0.15, 0.2) is 47.1 Å². The molecule has 4 heteroatoms. The van der Waals surface area contributed by atoms with Gasteiger partial charge in [0, 0.05) is 19.2 Å². The van der Waals surface area contributed by atoms with Gasteiger partial charge in [-0.3, -0.25) is 9.59 Å². The molecule has 21 heavy (non-hydrogen) atoms. The van der Waals surface area contributed by atoms with Gasteiger partial charge >= 0.3 is 0 Å². The molecule has 0 aliphatic carbocycles. The summed E-state index contributed by atoms with van der Waals surface area (Å²) in [6.07, 6.45) is 2.25. The van der Waals surface area contributed by atoms with Crippen molar-refractivity contribution in [3.63, 3.8) is 0 Å². The van der Waals surface area contributed by atoms with E-state index in [9.17, 15) is 9.59 Å². The van der Waals surface area contributed by atoms with E-state index >= 15 is 0 Å². The van der Waals surface area contributed by atoms with Crippen molar-refractivity contribution in [3.8, 4) is 0 Å². The Bertz CT molecular complexity index is 690. The number of hydrogen-bond acceptors (Lipinski definition) is 3. The molecule has 2 heterocycles. The van der Waals surface area contributed by atoms with Gasteiger partial charge in [0.15, 0.2) is 11.5 Å². The van der Waals surface area contributed by atoms with Crippen molar-refractivity contribution >= 4 is 17.4 Å². The van der Waals surface area contributed by atoms with Gasteiger partial charge in [-0.15, -0.1) is 0 Å². The largest absolute Gasteiger partial charge is 0.461 e. The Kier molecular flexibility index (Phi) is 3.16. The first kappa shape index (κ1) is 13.6. The number of likely N-dealkylation sites (N-methyl/N-ethyl adjacent to an activating group) is 1. The van der Waals surface area contributed by atoms with Gasteiger partial charge < -0.3 is 9.32 Å². The Morgan fingerprint density at radius 2 is 2.00 bits per heavy atom. The number of carbonyl (C=O) groups is 2. The third kappa shape index (κ3) is 2.07. The lowest BCUT2D eigenvalue weighted by Crippen LogP contribution is -2.36. The number of ketones is 1. The maximum absolute atomic E-state index is 12.6. The van der Waals surface area contributed by atoms with Crippen molar-refractivity contribution in [1.29, 1.82) is 0 Å². The first-order chi connectivity index (χ1) is 10.0. The number of furan rings is 1. The summed E-state index contributed by atoms with van der Waals surface area (Å²) in [6, 6.07) is 11.1. The molecule has 1 aliphatic rings. The number of fused-ring (bicyclic) bond motifs is 1. The molecule has 0 N–H and O–H groups in total. The van der Waals surface area contributed by atoms with Gasteiger partial charge in [-0.1, -0.05) is 18.2 Å². The van der Waals surface area contributed by atoms with E-state index in [0.717, 1.165) is 11.3 Å². The Hall–Kier alpha value is -2.36. The molecule has 1 amide bonds. The molecule has 108 valence electrons. The average Bonchev–Trinajstić information content (AvgIpc) is 3.10. The van der Waals surface area contributed by atoms with Gasteiger partial charge in [-0.05, 0) is 37.1 Å². The van der Waals surface area contributed by atoms with Crippen molar-refractivity contribution in [2.45, 2.75) is 25.2 Å². The maximum Gasteiger partial charge on any atom is 0.237 e. The number of amides is 1. The number of carbonyl (C=O) groups excluding carboxylic acids is 2. The third-order valence-corrected chi connectivity index (χ3v) is 4.28. The highest BCUT2D eigenvalue weighted by Crippen LogP contribution is 2.43. The van der Waals surface area contributed by atoms with Crippen LogP contribution >= 0.6 is 0 Å². The average molecular weight is 283 g/mol. The number of rotatable bonds is 4. The summed E-state index contributed by atoms with van der Waals surface area (Å²) in [7, 11) is 1.78. The van der Waals surface area contributed by atoms with Crippen LogP contribution < -0.4 is 4.90 Å². The van der Waals surface area contributed by atoms with Crippen molar-refractivity contribution in [3.05, 3.63) is 54.0 Å². The van der Waals surface area contributed by atoms with E-state index in [0.29, 0.717) is 12.2 Å². The van der Waals surface area contributed by atoms with Gasteiger partial charge in [-0.25, -0.2) is 0 Å². The normalized spacial score (nSPS) is 20.7. The number of Topliss-reactive ketones (excluding diaryl/α,β-unsaturated/α-hetero) is 1. The number of benzene rings is 1. The van der Waals surface area contributed by atoms with Crippen molar-refractivity contribution in [2.75, 3.05) is 11.9 Å². The van der Waals surface area contributed by atoms with Crippen molar-refractivity contribution < 1.29 is 14.0 Å². The number of anilines is 1. The summed E-state index contributed by atoms with van der Waals surface area (Å²) in [5.41, 5.74) is 1.27. The van der Waals surface area contributed by atoms with Gasteiger partial charge in [0.1, 0.15) is 0 Å². The molecular weight excluding hydrogens is 266 g/mol. The second-order valence-corrected chi connectivity index (χ2v) is 5.61. The van der Waals surface area contributed by atoms with E-state index in [4.69, 9.17) is 4.42 Å². The Morgan fingerprint density at radius 3 is 2.71 bits per heavy atom. The molecule has 1 unspecified atom stereocenters. The molecule has 0 spiro atoms. The lowest BCUT2D eigenvalue weighted by atomic mass is 9.79. The predicted octanol–water partition coefficient (Wildman–Crippen LogP) is 3.18. The maximum atomic E-state index is 12.6. The zero-order valence-electron chi connectivity index (χ0n) is 12.1. The lowest BCUT2D eigenvalue weighted by molar-refractivity contribution is -0.122. The van der Waals surface area contributed by atoms with E-state index in [2.05, 4.69) is 0 Å². The minimum atomic E-state index is -0.645. The van der Waals surface area contributed by atoms with E-state index in [1.807, 2.05) is 31.2 Å². The van der Waals surface area contributed by atoms with Crippen LogP contribution in [-0.2, 0) is 10.2 Å².